The van der Waals surface area contributed by atoms with E-state index in [2.05, 4.69) is 5.32 Å². The van der Waals surface area contributed by atoms with Crippen LogP contribution >= 0.6 is 0 Å². The Morgan fingerprint density at radius 2 is 1.75 bits per heavy atom. The highest BCUT2D eigenvalue weighted by Crippen LogP contribution is 2.13. The minimum Gasteiger partial charge on any atom is -0.352 e. The third kappa shape index (κ3) is 5.43. The standard InChI is InChI=1S/C16H24N2O2/c1-13(19)18(16(2,3)4)11-10-15(20)17-12-14-8-6-5-7-9-14/h5-9H,10-12H2,1-4H3,(H,17,20). The molecular weight excluding hydrogens is 252 g/mol. The number of benzene rings is 1. The Balaban J connectivity index is 2.41. The van der Waals surface area contributed by atoms with Crippen LogP contribution in [0.15, 0.2) is 30.3 Å². The Kier molecular flexibility index (Phi) is 5.74. The molecule has 4 heteroatoms. The van der Waals surface area contributed by atoms with Crippen LogP contribution in [0.25, 0.3) is 0 Å². The zero-order chi connectivity index (χ0) is 15.2. The van der Waals surface area contributed by atoms with E-state index in [-0.39, 0.29) is 17.4 Å². The molecule has 0 spiro atoms. The molecule has 0 unspecified atom stereocenters. The molecule has 1 N–H and O–H groups in total. The quantitative estimate of drug-likeness (QED) is 0.897. The first kappa shape index (κ1) is 16.2. The zero-order valence-electron chi connectivity index (χ0n) is 12.8. The lowest BCUT2D eigenvalue weighted by molar-refractivity contribution is -0.134. The molecule has 2 amide bonds. The van der Waals surface area contributed by atoms with E-state index in [0.717, 1.165) is 5.56 Å². The molecule has 1 rings (SSSR count). The molecule has 110 valence electrons. The van der Waals surface area contributed by atoms with Crippen LogP contribution in [-0.2, 0) is 16.1 Å². The lowest BCUT2D eigenvalue weighted by Gasteiger charge is -2.34. The molecule has 0 heterocycles. The molecule has 0 saturated carbocycles. The fourth-order valence-corrected chi connectivity index (χ4v) is 2.06. The van der Waals surface area contributed by atoms with Gasteiger partial charge in [0.15, 0.2) is 0 Å². The lowest BCUT2D eigenvalue weighted by atomic mass is 10.1. The van der Waals surface area contributed by atoms with Crippen molar-refractivity contribution in [1.82, 2.24) is 10.2 Å². The molecule has 1 aromatic carbocycles. The number of carbonyl (C=O) groups is 2. The second kappa shape index (κ2) is 7.08. The van der Waals surface area contributed by atoms with Crippen LogP contribution in [0.5, 0.6) is 0 Å². The van der Waals surface area contributed by atoms with Gasteiger partial charge >= 0.3 is 0 Å². The maximum Gasteiger partial charge on any atom is 0.222 e. The van der Waals surface area contributed by atoms with Crippen molar-refractivity contribution >= 4 is 11.8 Å². The Morgan fingerprint density at radius 1 is 1.15 bits per heavy atom. The van der Waals surface area contributed by atoms with Crippen molar-refractivity contribution in [1.29, 1.82) is 0 Å². The van der Waals surface area contributed by atoms with Crippen molar-refractivity contribution < 1.29 is 9.59 Å². The third-order valence-electron chi connectivity index (χ3n) is 3.08. The summed E-state index contributed by atoms with van der Waals surface area (Å²) in [6, 6.07) is 9.77. The van der Waals surface area contributed by atoms with E-state index in [1.807, 2.05) is 51.1 Å². The van der Waals surface area contributed by atoms with Crippen LogP contribution in [-0.4, -0.2) is 28.8 Å². The average molecular weight is 276 g/mol. The third-order valence-corrected chi connectivity index (χ3v) is 3.08. The van der Waals surface area contributed by atoms with Crippen molar-refractivity contribution in [2.75, 3.05) is 6.54 Å². The van der Waals surface area contributed by atoms with Crippen LogP contribution in [0, 0.1) is 0 Å². The molecule has 0 radical (unpaired) electrons. The topological polar surface area (TPSA) is 49.4 Å². The minimum absolute atomic E-state index is 0.00615. The smallest absolute Gasteiger partial charge is 0.222 e. The molecule has 20 heavy (non-hydrogen) atoms. The summed E-state index contributed by atoms with van der Waals surface area (Å²) in [5.74, 6) is -0.0438. The van der Waals surface area contributed by atoms with E-state index in [1.54, 1.807) is 4.90 Å². The van der Waals surface area contributed by atoms with Gasteiger partial charge in [0.2, 0.25) is 11.8 Å². The molecule has 0 fully saturated rings. The molecular formula is C16H24N2O2. The van der Waals surface area contributed by atoms with Gasteiger partial charge in [-0.1, -0.05) is 30.3 Å². The van der Waals surface area contributed by atoms with Gasteiger partial charge in [0, 0.05) is 32.0 Å². The summed E-state index contributed by atoms with van der Waals surface area (Å²) in [6.45, 7) is 8.41. The summed E-state index contributed by atoms with van der Waals surface area (Å²) in [6.07, 6.45) is 0.323. The zero-order valence-corrected chi connectivity index (χ0v) is 12.8. The molecule has 0 atom stereocenters. The summed E-state index contributed by atoms with van der Waals surface area (Å²) in [5, 5.41) is 2.87. The highest BCUT2D eigenvalue weighted by atomic mass is 16.2. The predicted octanol–water partition coefficient (Wildman–Crippen LogP) is 2.34. The average Bonchev–Trinajstić information content (AvgIpc) is 2.35. The highest BCUT2D eigenvalue weighted by molar-refractivity contribution is 5.78. The normalized spacial score (nSPS) is 11.0. The number of nitrogens with zero attached hydrogens (tertiary/aromatic N) is 1. The largest absolute Gasteiger partial charge is 0.352 e. The van der Waals surface area contributed by atoms with Crippen LogP contribution in [0.1, 0.15) is 39.7 Å². The van der Waals surface area contributed by atoms with Gasteiger partial charge in [-0.15, -0.1) is 0 Å². The summed E-state index contributed by atoms with van der Waals surface area (Å²) in [4.78, 5) is 25.1. The van der Waals surface area contributed by atoms with Crippen LogP contribution in [0.4, 0.5) is 0 Å². The molecule has 4 nitrogen and oxygen atoms in total. The van der Waals surface area contributed by atoms with Gasteiger partial charge in [-0.2, -0.15) is 0 Å². The van der Waals surface area contributed by atoms with Gasteiger partial charge in [0.25, 0.3) is 0 Å². The van der Waals surface area contributed by atoms with Crippen molar-refractivity contribution in [2.24, 2.45) is 0 Å². The van der Waals surface area contributed by atoms with Crippen molar-refractivity contribution in [3.63, 3.8) is 0 Å². The Morgan fingerprint density at radius 3 is 2.25 bits per heavy atom. The van der Waals surface area contributed by atoms with Crippen molar-refractivity contribution in [2.45, 2.75) is 46.2 Å². The first-order valence-corrected chi connectivity index (χ1v) is 6.89. The van der Waals surface area contributed by atoms with E-state index < -0.39 is 0 Å². The predicted molar refractivity (Wildman–Crippen MR) is 80.0 cm³/mol. The number of hydrogen-bond donors (Lipinski definition) is 1. The number of rotatable bonds is 5. The van der Waals surface area contributed by atoms with E-state index in [9.17, 15) is 9.59 Å². The maximum atomic E-state index is 11.8. The molecule has 0 aromatic heterocycles. The molecule has 0 bridgehead atoms. The Hall–Kier alpha value is -1.84. The van der Waals surface area contributed by atoms with Crippen molar-refractivity contribution in [3.8, 4) is 0 Å². The Bertz CT molecular complexity index is 449. The Labute approximate surface area is 121 Å². The summed E-state index contributed by atoms with van der Waals surface area (Å²) in [5.41, 5.74) is 0.811. The molecule has 1 aromatic rings. The van der Waals surface area contributed by atoms with Gasteiger partial charge < -0.3 is 10.2 Å². The van der Waals surface area contributed by atoms with Crippen LogP contribution in [0.2, 0.25) is 0 Å². The monoisotopic (exact) mass is 276 g/mol. The second-order valence-electron chi connectivity index (χ2n) is 5.85. The molecule has 0 aliphatic carbocycles. The number of carbonyl (C=O) groups excluding carboxylic acids is 2. The molecule has 0 aliphatic rings. The van der Waals surface area contributed by atoms with Crippen molar-refractivity contribution in [3.05, 3.63) is 35.9 Å². The van der Waals surface area contributed by atoms with Gasteiger partial charge in [-0.25, -0.2) is 0 Å². The minimum atomic E-state index is -0.258. The molecule has 0 saturated heterocycles. The lowest BCUT2D eigenvalue weighted by Crippen LogP contribution is -2.46. The maximum absolute atomic E-state index is 11.8. The SMILES string of the molecule is CC(=O)N(CCC(=O)NCc1ccccc1)C(C)(C)C. The fraction of sp³-hybridized carbons (Fsp3) is 0.500. The molecule has 0 aliphatic heterocycles. The van der Waals surface area contributed by atoms with E-state index in [0.29, 0.717) is 19.5 Å². The van der Waals surface area contributed by atoms with Crippen LogP contribution < -0.4 is 5.32 Å². The first-order valence-electron chi connectivity index (χ1n) is 6.89. The second-order valence-corrected chi connectivity index (χ2v) is 5.85. The summed E-state index contributed by atoms with van der Waals surface area (Å²) >= 11 is 0. The number of nitrogens with one attached hydrogen (secondary N) is 1. The number of hydrogen-bond acceptors (Lipinski definition) is 2. The fourth-order valence-electron chi connectivity index (χ4n) is 2.06. The van der Waals surface area contributed by atoms with Gasteiger partial charge in [-0.3, -0.25) is 9.59 Å². The first-order chi connectivity index (χ1) is 9.30. The van der Waals surface area contributed by atoms with Crippen LogP contribution in [0.3, 0.4) is 0 Å². The van der Waals surface area contributed by atoms with E-state index >= 15 is 0 Å². The van der Waals surface area contributed by atoms with Gasteiger partial charge in [-0.05, 0) is 26.3 Å². The van der Waals surface area contributed by atoms with E-state index in [4.69, 9.17) is 0 Å². The van der Waals surface area contributed by atoms with E-state index in [1.165, 1.54) is 6.92 Å². The summed E-state index contributed by atoms with van der Waals surface area (Å²) < 4.78 is 0. The number of amides is 2. The summed E-state index contributed by atoms with van der Waals surface area (Å²) in [7, 11) is 0. The highest BCUT2D eigenvalue weighted by Gasteiger charge is 2.23. The van der Waals surface area contributed by atoms with Gasteiger partial charge in [0.05, 0.1) is 0 Å². The van der Waals surface area contributed by atoms with Gasteiger partial charge in [0.1, 0.15) is 0 Å².